The zero-order valence-electron chi connectivity index (χ0n) is 14.5. The van der Waals surface area contributed by atoms with E-state index in [1.807, 2.05) is 13.8 Å². The maximum Gasteiger partial charge on any atom is 0.270 e. The second-order valence-corrected chi connectivity index (χ2v) is 7.06. The molecule has 1 heterocycles. The molecule has 0 aliphatic heterocycles. The molecule has 0 fully saturated rings. The highest BCUT2D eigenvalue weighted by molar-refractivity contribution is 6.31. The first kappa shape index (κ1) is 19.3. The van der Waals surface area contributed by atoms with Crippen LogP contribution in [0.3, 0.4) is 0 Å². The van der Waals surface area contributed by atoms with Crippen LogP contribution in [0, 0.1) is 11.7 Å². The van der Waals surface area contributed by atoms with E-state index < -0.39 is 5.54 Å². The summed E-state index contributed by atoms with van der Waals surface area (Å²) in [6.45, 7) is 5.45. The minimum absolute atomic E-state index is 0.0486. The fourth-order valence-corrected chi connectivity index (χ4v) is 2.42. The van der Waals surface area contributed by atoms with E-state index in [-0.39, 0.29) is 29.9 Å². The van der Waals surface area contributed by atoms with E-state index in [0.29, 0.717) is 11.4 Å². The number of pyridine rings is 1. The number of amides is 1. The van der Waals surface area contributed by atoms with Crippen molar-refractivity contribution in [3.63, 3.8) is 0 Å². The highest BCUT2D eigenvalue weighted by Gasteiger charge is 2.30. The van der Waals surface area contributed by atoms with Crippen molar-refractivity contribution >= 4 is 17.5 Å². The first-order chi connectivity index (χ1) is 11.7. The third-order valence-electron chi connectivity index (χ3n) is 4.48. The third kappa shape index (κ3) is 4.77. The second kappa shape index (κ2) is 7.93. The summed E-state index contributed by atoms with van der Waals surface area (Å²) in [5, 5.41) is 12.9. The summed E-state index contributed by atoms with van der Waals surface area (Å²) in [4.78, 5) is 16.6. The molecule has 1 atom stereocenters. The molecule has 0 aliphatic rings. The number of hydrogen-bond acceptors (Lipinski definition) is 3. The lowest BCUT2D eigenvalue weighted by atomic mass is 9.89. The summed E-state index contributed by atoms with van der Waals surface area (Å²) >= 11 is 6.18. The summed E-state index contributed by atoms with van der Waals surface area (Å²) in [6.07, 6.45) is 1.89. The molecular weight excluding hydrogens is 343 g/mol. The van der Waals surface area contributed by atoms with Gasteiger partial charge in [0.25, 0.3) is 5.91 Å². The maximum absolute atomic E-state index is 13.0. The first-order valence-electron chi connectivity index (χ1n) is 8.07. The van der Waals surface area contributed by atoms with E-state index in [0.717, 1.165) is 11.1 Å². The Morgan fingerprint density at radius 3 is 2.56 bits per heavy atom. The summed E-state index contributed by atoms with van der Waals surface area (Å²) < 4.78 is 13.0. The molecule has 0 bridgehead atoms. The highest BCUT2D eigenvalue weighted by Crippen LogP contribution is 2.21. The highest BCUT2D eigenvalue weighted by atomic mass is 35.5. The van der Waals surface area contributed by atoms with Gasteiger partial charge in [0.1, 0.15) is 11.5 Å². The molecule has 6 heteroatoms. The second-order valence-electron chi connectivity index (χ2n) is 6.65. The van der Waals surface area contributed by atoms with Crippen molar-refractivity contribution in [2.24, 2.45) is 5.92 Å². The van der Waals surface area contributed by atoms with Gasteiger partial charge in [-0.15, -0.1) is 0 Å². The van der Waals surface area contributed by atoms with Crippen LogP contribution in [0.1, 0.15) is 42.4 Å². The Hall–Kier alpha value is -1.98. The molecule has 1 unspecified atom stereocenters. The molecule has 0 radical (unpaired) electrons. The number of aliphatic hydroxyl groups is 1. The van der Waals surface area contributed by atoms with Crippen LogP contribution in [-0.2, 0) is 6.42 Å². The van der Waals surface area contributed by atoms with Crippen LogP contribution in [0.25, 0.3) is 0 Å². The van der Waals surface area contributed by atoms with Crippen LogP contribution in [0.15, 0.2) is 36.5 Å². The number of carbonyl (C=O) groups is 1. The number of nitrogens with one attached hydrogen (secondary N) is 1. The lowest BCUT2D eigenvalue weighted by molar-refractivity contribution is 0.0779. The summed E-state index contributed by atoms with van der Waals surface area (Å²) in [7, 11) is 0. The molecule has 1 amide bonds. The van der Waals surface area contributed by atoms with Gasteiger partial charge >= 0.3 is 0 Å². The molecule has 134 valence electrons. The number of halogens is 2. The number of benzene rings is 1. The predicted molar refractivity (Wildman–Crippen MR) is 96.2 cm³/mol. The molecule has 0 spiro atoms. The van der Waals surface area contributed by atoms with Gasteiger partial charge in [0.05, 0.1) is 17.2 Å². The number of aromatic nitrogens is 1. The van der Waals surface area contributed by atoms with Gasteiger partial charge in [0.2, 0.25) is 0 Å². The maximum atomic E-state index is 13.0. The Morgan fingerprint density at radius 2 is 2.00 bits per heavy atom. The van der Waals surface area contributed by atoms with Gasteiger partial charge in [0, 0.05) is 6.20 Å². The van der Waals surface area contributed by atoms with Crippen molar-refractivity contribution in [2.75, 3.05) is 6.61 Å². The molecule has 4 nitrogen and oxygen atoms in total. The van der Waals surface area contributed by atoms with Gasteiger partial charge in [-0.3, -0.25) is 4.79 Å². The topological polar surface area (TPSA) is 62.2 Å². The average Bonchev–Trinajstić information content (AvgIpc) is 2.58. The van der Waals surface area contributed by atoms with E-state index in [4.69, 9.17) is 11.6 Å². The molecule has 0 saturated heterocycles. The Balaban J connectivity index is 2.23. The van der Waals surface area contributed by atoms with Gasteiger partial charge < -0.3 is 10.4 Å². The minimum atomic E-state index is -0.741. The van der Waals surface area contributed by atoms with E-state index in [1.54, 1.807) is 25.1 Å². The normalized spacial score (nSPS) is 13.6. The minimum Gasteiger partial charge on any atom is -0.394 e. The quantitative estimate of drug-likeness (QED) is 0.823. The molecule has 1 aromatic carbocycles. The summed E-state index contributed by atoms with van der Waals surface area (Å²) in [5.74, 6) is -0.628. The standard InChI is InChI=1S/C19H22ClFN2O2/c1-12(2)19(3,11-24)23-18(25)17-9-14(16(20)10-22-17)8-13-4-6-15(21)7-5-13/h4-7,9-10,12,24H,8,11H2,1-3H3,(H,23,25). The predicted octanol–water partition coefficient (Wildman–Crippen LogP) is 3.60. The third-order valence-corrected chi connectivity index (χ3v) is 4.82. The van der Waals surface area contributed by atoms with Crippen molar-refractivity contribution in [3.05, 3.63) is 64.2 Å². The number of carbonyl (C=O) groups excluding carboxylic acids is 1. The average molecular weight is 365 g/mol. The molecule has 2 rings (SSSR count). The fourth-order valence-electron chi connectivity index (χ4n) is 2.25. The van der Waals surface area contributed by atoms with E-state index in [2.05, 4.69) is 10.3 Å². The fraction of sp³-hybridized carbons (Fsp3) is 0.368. The van der Waals surface area contributed by atoms with Crippen molar-refractivity contribution in [1.82, 2.24) is 10.3 Å². The molecule has 2 aromatic rings. The van der Waals surface area contributed by atoms with Gasteiger partial charge in [-0.2, -0.15) is 0 Å². The number of nitrogens with zero attached hydrogens (tertiary/aromatic N) is 1. The van der Waals surface area contributed by atoms with Crippen LogP contribution in [0.5, 0.6) is 0 Å². The Bertz CT molecular complexity index is 750. The van der Waals surface area contributed by atoms with Gasteiger partial charge in [0.15, 0.2) is 0 Å². The van der Waals surface area contributed by atoms with E-state index in [9.17, 15) is 14.3 Å². The van der Waals surface area contributed by atoms with Gasteiger partial charge in [-0.1, -0.05) is 37.6 Å². The molecule has 25 heavy (non-hydrogen) atoms. The van der Waals surface area contributed by atoms with Crippen molar-refractivity contribution in [3.8, 4) is 0 Å². The monoisotopic (exact) mass is 364 g/mol. The SMILES string of the molecule is CC(C)C(C)(CO)NC(=O)c1cc(Cc2ccc(F)cc2)c(Cl)cn1. The molecular formula is C19H22ClFN2O2. The van der Waals surface area contributed by atoms with Crippen LogP contribution in [-0.4, -0.2) is 28.1 Å². The van der Waals surface area contributed by atoms with Crippen molar-refractivity contribution in [1.29, 1.82) is 0 Å². The Kier molecular flexibility index (Phi) is 6.14. The summed E-state index contributed by atoms with van der Waals surface area (Å²) in [5.41, 5.74) is 1.09. The van der Waals surface area contributed by atoms with Crippen LogP contribution < -0.4 is 5.32 Å². The lowest BCUT2D eigenvalue weighted by Crippen LogP contribution is -2.52. The van der Waals surface area contributed by atoms with Crippen LogP contribution >= 0.6 is 11.6 Å². The van der Waals surface area contributed by atoms with E-state index >= 15 is 0 Å². The Morgan fingerprint density at radius 1 is 1.36 bits per heavy atom. The summed E-state index contributed by atoms with van der Waals surface area (Å²) in [6, 6.07) is 7.74. The lowest BCUT2D eigenvalue weighted by Gasteiger charge is -2.32. The molecule has 2 N–H and O–H groups in total. The van der Waals surface area contributed by atoms with Crippen molar-refractivity contribution in [2.45, 2.75) is 32.7 Å². The zero-order valence-corrected chi connectivity index (χ0v) is 15.3. The molecule has 1 aromatic heterocycles. The Labute approximate surface area is 152 Å². The smallest absolute Gasteiger partial charge is 0.270 e. The van der Waals surface area contributed by atoms with E-state index in [1.165, 1.54) is 18.3 Å². The van der Waals surface area contributed by atoms with Gasteiger partial charge in [-0.25, -0.2) is 9.37 Å². The van der Waals surface area contributed by atoms with Crippen LogP contribution in [0.4, 0.5) is 4.39 Å². The molecule has 0 saturated carbocycles. The first-order valence-corrected chi connectivity index (χ1v) is 8.45. The zero-order chi connectivity index (χ0) is 18.6. The number of hydrogen-bond donors (Lipinski definition) is 2. The number of rotatable bonds is 6. The van der Waals surface area contributed by atoms with Crippen molar-refractivity contribution < 1.29 is 14.3 Å². The van der Waals surface area contributed by atoms with Crippen LogP contribution in [0.2, 0.25) is 5.02 Å². The van der Waals surface area contributed by atoms with Gasteiger partial charge in [-0.05, 0) is 48.6 Å². The largest absolute Gasteiger partial charge is 0.394 e. The number of aliphatic hydroxyl groups excluding tert-OH is 1. The molecule has 0 aliphatic carbocycles.